The standard InChI is InChI=1S/C14H15BrClNS/c1-9(11-3-5-12(16)6-4-11)17-8-13-7-14(15)10(2)18-13/h3-7,9,17H,8H2,1-2H3/t9-/m0/s1. The molecule has 96 valence electrons. The summed E-state index contributed by atoms with van der Waals surface area (Å²) in [5.41, 5.74) is 1.26. The first kappa shape index (κ1) is 14.1. The maximum Gasteiger partial charge on any atom is 0.0406 e. The SMILES string of the molecule is Cc1sc(CN[C@@H](C)c2ccc(Cl)cc2)cc1Br. The molecule has 0 saturated carbocycles. The van der Waals surface area contributed by atoms with Crippen LogP contribution in [0.25, 0.3) is 0 Å². The van der Waals surface area contributed by atoms with Crippen molar-refractivity contribution >= 4 is 38.9 Å². The van der Waals surface area contributed by atoms with Crippen LogP contribution < -0.4 is 5.32 Å². The van der Waals surface area contributed by atoms with Crippen LogP contribution in [0.4, 0.5) is 0 Å². The zero-order valence-electron chi connectivity index (χ0n) is 10.3. The first-order valence-electron chi connectivity index (χ1n) is 5.80. The van der Waals surface area contributed by atoms with Crippen LogP contribution in [0.15, 0.2) is 34.8 Å². The van der Waals surface area contributed by atoms with Gasteiger partial charge in [-0.3, -0.25) is 0 Å². The number of rotatable bonds is 4. The van der Waals surface area contributed by atoms with E-state index in [4.69, 9.17) is 11.6 Å². The molecule has 0 unspecified atom stereocenters. The second-order valence-corrected chi connectivity index (χ2v) is 6.90. The Bertz CT molecular complexity index is 502. The molecule has 0 saturated heterocycles. The fourth-order valence-electron chi connectivity index (χ4n) is 1.73. The molecule has 0 aliphatic carbocycles. The monoisotopic (exact) mass is 343 g/mol. The third kappa shape index (κ3) is 3.58. The minimum atomic E-state index is 0.323. The smallest absolute Gasteiger partial charge is 0.0406 e. The molecular formula is C14H15BrClNS. The van der Waals surface area contributed by atoms with Crippen molar-refractivity contribution in [2.24, 2.45) is 0 Å². The maximum atomic E-state index is 5.89. The van der Waals surface area contributed by atoms with Gasteiger partial charge in [0, 0.05) is 31.8 Å². The Balaban J connectivity index is 1.95. The summed E-state index contributed by atoms with van der Waals surface area (Å²) in [4.78, 5) is 2.67. The van der Waals surface area contributed by atoms with E-state index in [0.29, 0.717) is 6.04 Å². The van der Waals surface area contributed by atoms with Crippen molar-refractivity contribution < 1.29 is 0 Å². The summed E-state index contributed by atoms with van der Waals surface area (Å²) >= 11 is 11.3. The average molecular weight is 345 g/mol. The number of hydrogen-bond donors (Lipinski definition) is 1. The molecule has 1 aromatic carbocycles. The number of benzene rings is 1. The molecule has 1 N–H and O–H groups in total. The lowest BCUT2D eigenvalue weighted by Crippen LogP contribution is -2.17. The fraction of sp³-hybridized carbons (Fsp3) is 0.286. The fourth-order valence-corrected chi connectivity index (χ4v) is 3.41. The van der Waals surface area contributed by atoms with Crippen molar-refractivity contribution in [3.63, 3.8) is 0 Å². The van der Waals surface area contributed by atoms with E-state index in [2.05, 4.69) is 53.3 Å². The quantitative estimate of drug-likeness (QED) is 0.791. The van der Waals surface area contributed by atoms with Crippen molar-refractivity contribution in [3.8, 4) is 0 Å². The van der Waals surface area contributed by atoms with Gasteiger partial charge in [0.1, 0.15) is 0 Å². The van der Waals surface area contributed by atoms with Gasteiger partial charge in [-0.05, 0) is 53.5 Å². The molecule has 2 aromatic rings. The second-order valence-electron chi connectivity index (χ2n) is 4.27. The summed E-state index contributed by atoms with van der Waals surface area (Å²) in [5, 5.41) is 4.30. The highest BCUT2D eigenvalue weighted by atomic mass is 79.9. The minimum Gasteiger partial charge on any atom is -0.305 e. The molecule has 1 nitrogen and oxygen atoms in total. The lowest BCUT2D eigenvalue weighted by Gasteiger charge is -2.13. The van der Waals surface area contributed by atoms with Crippen LogP contribution in [0.1, 0.15) is 28.3 Å². The molecule has 1 atom stereocenters. The largest absolute Gasteiger partial charge is 0.305 e. The zero-order chi connectivity index (χ0) is 13.1. The van der Waals surface area contributed by atoms with E-state index in [1.165, 1.54) is 19.8 Å². The topological polar surface area (TPSA) is 12.0 Å². The van der Waals surface area contributed by atoms with Crippen LogP contribution in [-0.2, 0) is 6.54 Å². The highest BCUT2D eigenvalue weighted by molar-refractivity contribution is 9.10. The van der Waals surface area contributed by atoms with Crippen LogP contribution in [0.3, 0.4) is 0 Å². The van der Waals surface area contributed by atoms with Crippen molar-refractivity contribution in [1.82, 2.24) is 5.32 Å². The van der Waals surface area contributed by atoms with Crippen molar-refractivity contribution in [2.45, 2.75) is 26.4 Å². The van der Waals surface area contributed by atoms with Gasteiger partial charge in [-0.25, -0.2) is 0 Å². The molecule has 0 aliphatic heterocycles. The third-order valence-electron chi connectivity index (χ3n) is 2.86. The number of thiophene rings is 1. The molecule has 0 radical (unpaired) electrons. The lowest BCUT2D eigenvalue weighted by atomic mass is 10.1. The van der Waals surface area contributed by atoms with Crippen LogP contribution in [0.5, 0.6) is 0 Å². The Hall–Kier alpha value is -0.350. The van der Waals surface area contributed by atoms with Gasteiger partial charge in [-0.15, -0.1) is 11.3 Å². The van der Waals surface area contributed by atoms with Crippen molar-refractivity contribution in [3.05, 3.63) is 55.1 Å². The van der Waals surface area contributed by atoms with Gasteiger partial charge in [0.15, 0.2) is 0 Å². The second kappa shape index (κ2) is 6.20. The van der Waals surface area contributed by atoms with E-state index in [1.807, 2.05) is 23.5 Å². The average Bonchev–Trinajstić information content (AvgIpc) is 2.67. The molecular weight excluding hydrogens is 330 g/mol. The molecule has 1 aromatic heterocycles. The molecule has 4 heteroatoms. The van der Waals surface area contributed by atoms with Gasteiger partial charge in [-0.2, -0.15) is 0 Å². The van der Waals surface area contributed by atoms with Crippen molar-refractivity contribution in [2.75, 3.05) is 0 Å². The Morgan fingerprint density at radius 1 is 1.33 bits per heavy atom. The third-order valence-corrected chi connectivity index (χ3v) is 5.25. The molecule has 0 spiro atoms. The molecule has 0 bridgehead atoms. The summed E-state index contributed by atoms with van der Waals surface area (Å²) in [5.74, 6) is 0. The maximum absolute atomic E-state index is 5.89. The Morgan fingerprint density at radius 3 is 2.56 bits per heavy atom. The van der Waals surface area contributed by atoms with E-state index >= 15 is 0 Å². The van der Waals surface area contributed by atoms with Gasteiger partial charge in [0.05, 0.1) is 0 Å². The molecule has 2 rings (SSSR count). The first-order valence-corrected chi connectivity index (χ1v) is 7.78. The van der Waals surface area contributed by atoms with Gasteiger partial charge in [0.25, 0.3) is 0 Å². The molecule has 0 amide bonds. The Labute approximate surface area is 125 Å². The Kier molecular flexibility index (Phi) is 4.84. The molecule has 0 fully saturated rings. The van der Waals surface area contributed by atoms with Crippen LogP contribution in [-0.4, -0.2) is 0 Å². The van der Waals surface area contributed by atoms with E-state index in [0.717, 1.165) is 11.6 Å². The minimum absolute atomic E-state index is 0.323. The first-order chi connectivity index (χ1) is 8.56. The number of nitrogens with one attached hydrogen (secondary N) is 1. The number of halogens is 2. The van der Waals surface area contributed by atoms with Crippen LogP contribution in [0.2, 0.25) is 5.02 Å². The molecule has 0 aliphatic rings. The van der Waals surface area contributed by atoms with E-state index in [-0.39, 0.29) is 0 Å². The number of aryl methyl sites for hydroxylation is 1. The summed E-state index contributed by atoms with van der Waals surface area (Å²) in [6, 6.07) is 10.5. The number of hydrogen-bond acceptors (Lipinski definition) is 2. The zero-order valence-corrected chi connectivity index (χ0v) is 13.5. The van der Waals surface area contributed by atoms with Crippen LogP contribution in [0, 0.1) is 6.92 Å². The van der Waals surface area contributed by atoms with Gasteiger partial charge in [-0.1, -0.05) is 23.7 Å². The van der Waals surface area contributed by atoms with E-state index in [9.17, 15) is 0 Å². The summed E-state index contributed by atoms with van der Waals surface area (Å²) in [7, 11) is 0. The van der Waals surface area contributed by atoms with Gasteiger partial charge < -0.3 is 5.32 Å². The predicted molar refractivity (Wildman–Crippen MR) is 83.5 cm³/mol. The van der Waals surface area contributed by atoms with E-state index < -0.39 is 0 Å². The lowest BCUT2D eigenvalue weighted by molar-refractivity contribution is 0.579. The summed E-state index contributed by atoms with van der Waals surface area (Å²) < 4.78 is 1.20. The highest BCUT2D eigenvalue weighted by Crippen LogP contribution is 2.26. The normalized spacial score (nSPS) is 12.7. The van der Waals surface area contributed by atoms with Gasteiger partial charge >= 0.3 is 0 Å². The molecule has 1 heterocycles. The summed E-state index contributed by atoms with van der Waals surface area (Å²) in [6.07, 6.45) is 0. The highest BCUT2D eigenvalue weighted by Gasteiger charge is 2.07. The van der Waals surface area contributed by atoms with Crippen LogP contribution >= 0.6 is 38.9 Å². The predicted octanol–water partition coefficient (Wildman–Crippen LogP) is 5.32. The molecule has 18 heavy (non-hydrogen) atoms. The van der Waals surface area contributed by atoms with Gasteiger partial charge in [0.2, 0.25) is 0 Å². The van der Waals surface area contributed by atoms with E-state index in [1.54, 1.807) is 0 Å². The summed E-state index contributed by atoms with van der Waals surface area (Å²) in [6.45, 7) is 5.18. The van der Waals surface area contributed by atoms with Crippen molar-refractivity contribution in [1.29, 1.82) is 0 Å². The Morgan fingerprint density at radius 2 is 2.00 bits per heavy atom.